The Bertz CT molecular complexity index is 8040. The Morgan fingerprint density at radius 2 is 0.615 bits per heavy atom. The highest BCUT2D eigenvalue weighted by Crippen LogP contribution is 2.36. The lowest BCUT2D eigenvalue weighted by atomic mass is 10.1. The molecule has 0 radical (unpaired) electrons. The molecule has 20 aromatic rings. The number of halogens is 2. The lowest BCUT2D eigenvalue weighted by Gasteiger charge is -2.20. The van der Waals surface area contributed by atoms with Crippen molar-refractivity contribution in [3.8, 4) is 34.3 Å². The molecule has 10 aromatic heterocycles. The van der Waals surface area contributed by atoms with Crippen LogP contribution in [0.4, 0.5) is 66.3 Å². The minimum atomic E-state index is -2.67. The molecule has 0 aliphatic heterocycles. The SMILES string of the molecule is CC(=O)CCc1cncc2c(=O)cc(Nc3ccccc3)n(-c3ccccc3)c12.COC(=O)CCc1cncc2c(=O)cc(Nc3ccccc3)n(-c3ccccc3)c12.Cc1cc2c(c(OCC(F)F)n1)c(=O)cc(Nc1ccccc1)n2-c1ccccc1.Cc1cncc2c(=O)cc(Nc3ccccc3)n(-c3ccccc3)c12.NC(=O)CCc1cncc2c(=O)cc(Nc3ccccc3)n(-c3ccccc3)c12. The van der Waals surface area contributed by atoms with Crippen molar-refractivity contribution in [3.05, 3.63) is 468 Å². The Hall–Kier alpha value is -18.7. The molecule has 10 aromatic carbocycles. The maximum Gasteiger partial charge on any atom is 0.305 e. The van der Waals surface area contributed by atoms with Crippen molar-refractivity contribution in [1.82, 2.24) is 47.8 Å². The first kappa shape index (κ1) is 97.4. The van der Waals surface area contributed by atoms with Crippen LogP contribution in [0.3, 0.4) is 0 Å². The van der Waals surface area contributed by atoms with E-state index in [4.69, 9.17) is 15.2 Å². The first-order valence-corrected chi connectivity index (χ1v) is 46.0. The van der Waals surface area contributed by atoms with Gasteiger partial charge in [0.2, 0.25) is 11.8 Å². The number of ether oxygens (including phenoxy) is 2. The molecular formula is C115H98F2N16O10. The van der Waals surface area contributed by atoms with Gasteiger partial charge in [0.05, 0.1) is 56.2 Å². The van der Waals surface area contributed by atoms with Crippen LogP contribution in [0.25, 0.3) is 83.0 Å². The van der Waals surface area contributed by atoms with Crippen LogP contribution < -0.4 is 64.2 Å². The molecule has 0 aliphatic rings. The third-order valence-electron chi connectivity index (χ3n) is 23.0. The number of esters is 1. The highest BCUT2D eigenvalue weighted by atomic mass is 19.3. The van der Waals surface area contributed by atoms with Crippen molar-refractivity contribution < 1.29 is 32.6 Å². The zero-order valence-corrected chi connectivity index (χ0v) is 78.4. The number of pyridine rings is 10. The van der Waals surface area contributed by atoms with Crippen molar-refractivity contribution in [2.45, 2.75) is 65.7 Å². The van der Waals surface area contributed by atoms with Gasteiger partial charge in [0.25, 0.3) is 6.43 Å². The van der Waals surface area contributed by atoms with E-state index in [1.165, 1.54) is 13.2 Å². The average molecular weight is 1900 g/mol. The fourth-order valence-electron chi connectivity index (χ4n) is 16.6. The van der Waals surface area contributed by atoms with Crippen molar-refractivity contribution in [2.75, 3.05) is 40.3 Å². The van der Waals surface area contributed by atoms with E-state index in [0.29, 0.717) is 81.7 Å². The van der Waals surface area contributed by atoms with Crippen molar-refractivity contribution in [2.24, 2.45) is 5.73 Å². The standard InChI is InChI=1S/C24H21N3O3.C24H21N3O2.C23H19F2N3O2.C23H20N4O2.C21H17N3O/c1-30-23(29)13-12-17-15-25-16-20-21(28)14-22(26-18-8-4-2-5-9-18)27(24(17)20)19-10-6-3-7-11-19;1-17(28)12-13-18-15-25-16-21-22(29)14-23(26-19-8-4-2-5-9-19)27(24(18)21)20-10-6-3-7-11-20;1-15-12-18-22(23(26-15)30-14-20(24)25)19(29)13-21(27-16-8-4-2-5-9-16)28(18)17-10-6-3-7-11-17;24-21(29)12-11-16-14-25-15-19-20(28)13-22(26-17-7-3-1-4-8-17)27(23(16)19)18-9-5-2-6-10-18;1-15-13-22-14-18-19(25)12-20(23-16-8-4-2-5-9-16)24(21(15)18)17-10-6-3-7-11-17/h2-11,14-16,26H,12-13H2,1H3;2-11,14-16,26H,12-13H2,1H3;2-13,20,27H,14H2,1H3;1-10,13-15,26H,11-12H2,(H2,24,29);2-14,23H,1H3. The monoisotopic (exact) mass is 1900 g/mol. The van der Waals surface area contributed by atoms with Gasteiger partial charge in [0.15, 0.2) is 33.8 Å². The van der Waals surface area contributed by atoms with Gasteiger partial charge < -0.3 is 46.6 Å². The van der Waals surface area contributed by atoms with Crippen LogP contribution in [0.15, 0.2) is 413 Å². The van der Waals surface area contributed by atoms with Crippen LogP contribution in [0.5, 0.6) is 5.88 Å². The second kappa shape index (κ2) is 46.4. The van der Waals surface area contributed by atoms with Gasteiger partial charge in [-0.3, -0.25) is 76.3 Å². The summed E-state index contributed by atoms with van der Waals surface area (Å²) in [6, 6.07) is 107. The third-order valence-corrected chi connectivity index (χ3v) is 23.0. The summed E-state index contributed by atoms with van der Waals surface area (Å²) < 4.78 is 45.4. The second-order valence-electron chi connectivity index (χ2n) is 33.1. The molecule has 0 fully saturated rings. The van der Waals surface area contributed by atoms with Crippen LogP contribution in [-0.4, -0.2) is 85.6 Å². The number of fused-ring (bicyclic) bond motifs is 5. The van der Waals surface area contributed by atoms with E-state index in [0.717, 1.165) is 107 Å². The third kappa shape index (κ3) is 23.9. The molecule has 28 heteroatoms. The Balaban J connectivity index is 0.000000129. The molecule has 1 amide bonds. The minimum absolute atomic E-state index is 0.0446. The number of carbonyl (C=O) groups is 3. The molecule has 0 aliphatic carbocycles. The maximum atomic E-state index is 13.0. The number of benzene rings is 10. The highest BCUT2D eigenvalue weighted by molar-refractivity contribution is 5.92. The number of amides is 1. The first-order valence-electron chi connectivity index (χ1n) is 46.0. The van der Waals surface area contributed by atoms with E-state index in [1.807, 2.05) is 329 Å². The maximum absolute atomic E-state index is 13.0. The molecule has 0 bridgehead atoms. The van der Waals surface area contributed by atoms with E-state index in [9.17, 15) is 47.1 Å². The van der Waals surface area contributed by atoms with Crippen LogP contribution in [-0.2, 0) is 38.4 Å². The van der Waals surface area contributed by atoms with Crippen LogP contribution in [0.1, 0.15) is 54.1 Å². The molecule has 0 saturated carbocycles. The lowest BCUT2D eigenvalue weighted by Crippen LogP contribution is -2.16. The summed E-state index contributed by atoms with van der Waals surface area (Å²) in [7, 11) is 1.37. The smallest absolute Gasteiger partial charge is 0.305 e. The average Bonchev–Trinajstić information content (AvgIpc) is 0.764. The number of alkyl halides is 2. The Morgan fingerprint density at radius 3 is 0.923 bits per heavy atom. The summed E-state index contributed by atoms with van der Waals surface area (Å²) >= 11 is 0. The molecule has 7 N–H and O–H groups in total. The Morgan fingerprint density at radius 1 is 0.343 bits per heavy atom. The highest BCUT2D eigenvalue weighted by Gasteiger charge is 2.24. The Labute approximate surface area is 819 Å². The number of primary amides is 1. The zero-order valence-electron chi connectivity index (χ0n) is 78.4. The van der Waals surface area contributed by atoms with Gasteiger partial charge in [0, 0.05) is 162 Å². The molecule has 0 spiro atoms. The van der Waals surface area contributed by atoms with Crippen molar-refractivity contribution in [1.29, 1.82) is 0 Å². The quantitative estimate of drug-likeness (QED) is 0.0261. The number of Topliss-reactive ketones (excluding diaryl/α,β-unsaturated/α-hetero) is 1. The van der Waals surface area contributed by atoms with Crippen LogP contribution in [0, 0.1) is 13.8 Å². The van der Waals surface area contributed by atoms with Crippen molar-refractivity contribution in [3.63, 3.8) is 0 Å². The fraction of sp³-hybridized carbons (Fsp3) is 0.104. The summed E-state index contributed by atoms with van der Waals surface area (Å²) in [5.41, 5.74) is 21.0. The second-order valence-corrected chi connectivity index (χ2v) is 33.1. The van der Waals surface area contributed by atoms with Gasteiger partial charge in [-0.2, -0.15) is 0 Å². The summed E-state index contributed by atoms with van der Waals surface area (Å²) in [5, 5.41) is 19.0. The number of anilines is 10. The summed E-state index contributed by atoms with van der Waals surface area (Å²) in [6.07, 6.45) is 12.8. The number of aryl methyl sites for hydroxylation is 5. The molecule has 10 heterocycles. The number of nitrogens with one attached hydrogen (secondary N) is 5. The van der Waals surface area contributed by atoms with Gasteiger partial charge in [-0.05, 0) is 190 Å². The lowest BCUT2D eigenvalue weighted by molar-refractivity contribution is -0.140. The number of hydrogen-bond donors (Lipinski definition) is 6. The van der Waals surface area contributed by atoms with E-state index in [-0.39, 0.29) is 63.0 Å². The van der Waals surface area contributed by atoms with E-state index in [2.05, 4.69) is 56.1 Å². The molecule has 0 unspecified atom stereocenters. The number of nitrogens with two attached hydrogens (primary N) is 1. The Kier molecular flexibility index (Phi) is 31.6. The molecule has 712 valence electrons. The van der Waals surface area contributed by atoms with E-state index in [1.54, 1.807) is 93.8 Å². The number of methoxy groups -OCH3 is 1. The van der Waals surface area contributed by atoms with Crippen LogP contribution >= 0.6 is 0 Å². The molecule has 0 saturated heterocycles. The van der Waals surface area contributed by atoms with Gasteiger partial charge in [-0.1, -0.05) is 182 Å². The van der Waals surface area contributed by atoms with Gasteiger partial charge in [0.1, 0.15) is 40.3 Å². The van der Waals surface area contributed by atoms with Crippen LogP contribution in [0.2, 0.25) is 0 Å². The fourth-order valence-corrected chi connectivity index (χ4v) is 16.6. The van der Waals surface area contributed by atoms with Gasteiger partial charge in [-0.15, -0.1) is 0 Å². The van der Waals surface area contributed by atoms with Gasteiger partial charge >= 0.3 is 5.97 Å². The number of para-hydroxylation sites is 10. The van der Waals surface area contributed by atoms with E-state index >= 15 is 0 Å². The minimum Gasteiger partial charge on any atom is -0.471 e. The molecule has 26 nitrogen and oxygen atoms in total. The normalized spacial score (nSPS) is 10.8. The summed E-state index contributed by atoms with van der Waals surface area (Å²) in [6.45, 7) is 4.44. The topological polar surface area (TPSA) is 330 Å². The number of hydrogen-bond acceptors (Lipinski definition) is 20. The molecule has 143 heavy (non-hydrogen) atoms. The molecule has 0 atom stereocenters. The number of rotatable bonds is 27. The summed E-state index contributed by atoms with van der Waals surface area (Å²) in [4.78, 5) is 120. The summed E-state index contributed by atoms with van der Waals surface area (Å²) in [5.74, 6) is 2.50. The first-order chi connectivity index (χ1) is 69.7. The number of carbonyl (C=O) groups excluding carboxylic acids is 3. The predicted molar refractivity (Wildman–Crippen MR) is 563 cm³/mol. The van der Waals surface area contributed by atoms with Gasteiger partial charge in [-0.25, -0.2) is 13.8 Å². The number of aromatic nitrogens is 10. The molecule has 20 rings (SSSR count). The number of ketones is 1. The van der Waals surface area contributed by atoms with E-state index < -0.39 is 18.9 Å². The largest absolute Gasteiger partial charge is 0.471 e. The molecular weight excluding hydrogens is 1800 g/mol. The zero-order chi connectivity index (χ0) is 99.7. The van der Waals surface area contributed by atoms with Crippen molar-refractivity contribution >= 4 is 130 Å². The predicted octanol–water partition coefficient (Wildman–Crippen LogP) is 22.0. The number of nitrogens with zero attached hydrogens (tertiary/aromatic N) is 10.